The summed E-state index contributed by atoms with van der Waals surface area (Å²) in [6.07, 6.45) is 3.51. The topological polar surface area (TPSA) is 79.4 Å². The van der Waals surface area contributed by atoms with E-state index in [0.29, 0.717) is 16.6 Å². The van der Waals surface area contributed by atoms with Crippen LogP contribution in [-0.2, 0) is 27.3 Å². The number of hydrogen-bond donors (Lipinski definition) is 1. The van der Waals surface area contributed by atoms with Crippen molar-refractivity contribution in [3.05, 3.63) is 51.0 Å². The Morgan fingerprint density at radius 2 is 2.11 bits per heavy atom. The van der Waals surface area contributed by atoms with Crippen molar-refractivity contribution in [2.75, 3.05) is 6.61 Å². The molecule has 0 spiro atoms. The van der Waals surface area contributed by atoms with Crippen molar-refractivity contribution >= 4 is 29.2 Å². The number of benzene rings is 1. The largest absolute Gasteiger partial charge is 0.372 e. The molecule has 2 N–H and O–H groups in total. The summed E-state index contributed by atoms with van der Waals surface area (Å²) in [4.78, 5) is 20.7. The van der Waals surface area contributed by atoms with Crippen LogP contribution >= 0.6 is 23.2 Å². The van der Waals surface area contributed by atoms with Gasteiger partial charge >= 0.3 is 5.97 Å². The first-order chi connectivity index (χ1) is 13.4. The highest BCUT2D eigenvalue weighted by Crippen LogP contribution is 2.35. The van der Waals surface area contributed by atoms with Crippen LogP contribution in [0.4, 0.5) is 0 Å². The van der Waals surface area contributed by atoms with Gasteiger partial charge in [0.2, 0.25) is 0 Å². The summed E-state index contributed by atoms with van der Waals surface area (Å²) < 4.78 is 8.09. The van der Waals surface area contributed by atoms with E-state index in [4.69, 9.17) is 38.8 Å². The number of nitrogens with two attached hydrogens (primary N) is 1. The Hall–Kier alpha value is -1.60. The third-order valence-electron chi connectivity index (χ3n) is 4.92. The fraction of sp³-hybridized carbons (Fsp3) is 0.500. The van der Waals surface area contributed by atoms with Crippen molar-refractivity contribution < 1.29 is 14.4 Å². The molecule has 1 aromatic heterocycles. The second-order valence-corrected chi connectivity index (χ2v) is 8.14. The molecular formula is C20H25Cl2N3O3. The Labute approximate surface area is 174 Å². The van der Waals surface area contributed by atoms with Crippen LogP contribution in [0.15, 0.2) is 18.2 Å². The monoisotopic (exact) mass is 425 g/mol. The number of imidazole rings is 1. The molecule has 3 rings (SSSR count). The van der Waals surface area contributed by atoms with Crippen molar-refractivity contribution in [2.45, 2.75) is 58.1 Å². The first-order valence-corrected chi connectivity index (χ1v) is 10.2. The van der Waals surface area contributed by atoms with E-state index in [1.165, 1.54) is 0 Å². The highest BCUT2D eigenvalue weighted by atomic mass is 35.5. The van der Waals surface area contributed by atoms with Crippen LogP contribution in [-0.4, -0.2) is 22.1 Å². The Bertz CT molecular complexity index is 851. The van der Waals surface area contributed by atoms with E-state index in [9.17, 15) is 4.79 Å². The summed E-state index contributed by atoms with van der Waals surface area (Å²) in [5.41, 5.74) is 3.09. The van der Waals surface area contributed by atoms with Gasteiger partial charge in [-0.1, -0.05) is 49.5 Å². The van der Waals surface area contributed by atoms with Crippen molar-refractivity contribution in [1.82, 2.24) is 9.55 Å². The third-order valence-corrected chi connectivity index (χ3v) is 5.66. The average Bonchev–Trinajstić information content (AvgIpc) is 2.89. The lowest BCUT2D eigenvalue weighted by Crippen LogP contribution is -2.21. The standard InChI is InChI=1S/C20H25Cl2N3O3/c1-12(2)20-24-16-5-3-4-6-17(27-11-18(26)28-23)19(16)25(20)10-13-7-8-14(21)15(22)9-13/h7-9,12,17H,3-6,10-11,23H2,1-2H3. The van der Waals surface area contributed by atoms with Gasteiger partial charge < -0.3 is 14.1 Å². The second-order valence-electron chi connectivity index (χ2n) is 7.33. The lowest BCUT2D eigenvalue weighted by atomic mass is 10.1. The molecule has 152 valence electrons. The van der Waals surface area contributed by atoms with E-state index in [2.05, 4.69) is 23.3 Å². The summed E-state index contributed by atoms with van der Waals surface area (Å²) in [7, 11) is 0. The molecule has 1 aliphatic rings. The zero-order chi connectivity index (χ0) is 20.3. The summed E-state index contributed by atoms with van der Waals surface area (Å²) >= 11 is 12.3. The molecule has 0 saturated carbocycles. The molecule has 1 unspecified atom stereocenters. The molecule has 0 fully saturated rings. The van der Waals surface area contributed by atoms with Crippen molar-refractivity contribution in [3.63, 3.8) is 0 Å². The summed E-state index contributed by atoms with van der Waals surface area (Å²) in [5.74, 6) is 5.59. The number of nitrogens with zero attached hydrogens (tertiary/aromatic N) is 2. The lowest BCUT2D eigenvalue weighted by molar-refractivity contribution is -0.152. The molecule has 8 heteroatoms. The van der Waals surface area contributed by atoms with E-state index < -0.39 is 5.97 Å². The second kappa shape index (κ2) is 9.27. The summed E-state index contributed by atoms with van der Waals surface area (Å²) in [6, 6.07) is 5.64. The van der Waals surface area contributed by atoms with Gasteiger partial charge in [-0.2, -0.15) is 5.90 Å². The lowest BCUT2D eigenvalue weighted by Gasteiger charge is -2.21. The maximum atomic E-state index is 11.5. The smallest absolute Gasteiger partial charge is 0.350 e. The molecule has 2 aromatic rings. The Kier molecular flexibility index (Phi) is 6.99. The van der Waals surface area contributed by atoms with E-state index in [-0.39, 0.29) is 18.6 Å². The molecule has 0 radical (unpaired) electrons. The molecule has 0 amide bonds. The van der Waals surface area contributed by atoms with Gasteiger partial charge in [0.05, 0.1) is 21.4 Å². The predicted octanol–water partition coefficient (Wildman–Crippen LogP) is 4.56. The number of aromatic nitrogens is 2. The Morgan fingerprint density at radius 1 is 1.32 bits per heavy atom. The van der Waals surface area contributed by atoms with E-state index in [1.807, 2.05) is 12.1 Å². The highest BCUT2D eigenvalue weighted by molar-refractivity contribution is 6.42. The molecule has 0 aliphatic heterocycles. The van der Waals surface area contributed by atoms with Gasteiger partial charge in [0.25, 0.3) is 0 Å². The minimum absolute atomic E-state index is 0.185. The fourth-order valence-corrected chi connectivity index (χ4v) is 3.95. The summed E-state index contributed by atoms with van der Waals surface area (Å²) in [6.45, 7) is 4.66. The average molecular weight is 426 g/mol. The number of halogens is 2. The number of carbonyl (C=O) groups is 1. The Morgan fingerprint density at radius 3 is 2.79 bits per heavy atom. The normalized spacial score (nSPS) is 16.7. The van der Waals surface area contributed by atoms with Crippen LogP contribution in [0.5, 0.6) is 0 Å². The number of ether oxygens (including phenoxy) is 1. The number of aryl methyl sites for hydroxylation is 1. The molecule has 1 atom stereocenters. The van der Waals surface area contributed by atoms with Gasteiger partial charge in [0, 0.05) is 12.5 Å². The maximum absolute atomic E-state index is 11.5. The van der Waals surface area contributed by atoms with Gasteiger partial charge in [-0.3, -0.25) is 0 Å². The minimum atomic E-state index is -0.592. The van der Waals surface area contributed by atoms with Crippen LogP contribution in [0.2, 0.25) is 10.0 Å². The number of carbonyl (C=O) groups excluding carboxylic acids is 1. The van der Waals surface area contributed by atoms with Gasteiger partial charge in [-0.15, -0.1) is 0 Å². The molecule has 1 aromatic carbocycles. The van der Waals surface area contributed by atoms with Crippen LogP contribution in [0.3, 0.4) is 0 Å². The molecule has 6 nitrogen and oxygen atoms in total. The van der Waals surface area contributed by atoms with Crippen molar-refractivity contribution in [1.29, 1.82) is 0 Å². The first kappa shape index (κ1) is 21.1. The van der Waals surface area contributed by atoms with Crippen LogP contribution in [0, 0.1) is 0 Å². The van der Waals surface area contributed by atoms with Gasteiger partial charge in [0.15, 0.2) is 0 Å². The SMILES string of the molecule is CC(C)c1nc2c(n1Cc1ccc(Cl)c(Cl)c1)C(OCC(=O)ON)CCCC2. The van der Waals surface area contributed by atoms with Gasteiger partial charge in [-0.05, 0) is 37.0 Å². The van der Waals surface area contributed by atoms with Crippen molar-refractivity contribution in [3.8, 4) is 0 Å². The maximum Gasteiger partial charge on any atom is 0.350 e. The zero-order valence-electron chi connectivity index (χ0n) is 16.1. The molecule has 1 heterocycles. The van der Waals surface area contributed by atoms with Gasteiger partial charge in [0.1, 0.15) is 18.5 Å². The van der Waals surface area contributed by atoms with E-state index in [1.54, 1.807) is 6.07 Å². The molecular weight excluding hydrogens is 401 g/mol. The molecule has 28 heavy (non-hydrogen) atoms. The van der Waals surface area contributed by atoms with Crippen molar-refractivity contribution in [2.24, 2.45) is 5.90 Å². The first-order valence-electron chi connectivity index (χ1n) is 9.45. The van der Waals surface area contributed by atoms with Crippen LogP contribution in [0.1, 0.15) is 67.9 Å². The quantitative estimate of drug-likeness (QED) is 0.541. The predicted molar refractivity (Wildman–Crippen MR) is 108 cm³/mol. The molecule has 0 saturated heterocycles. The van der Waals surface area contributed by atoms with E-state index in [0.717, 1.165) is 48.5 Å². The molecule has 0 bridgehead atoms. The third kappa shape index (κ3) is 4.69. The Balaban J connectivity index is 2.00. The number of fused-ring (bicyclic) bond motifs is 1. The highest BCUT2D eigenvalue weighted by Gasteiger charge is 2.29. The number of rotatable bonds is 6. The fourth-order valence-electron chi connectivity index (χ4n) is 3.63. The van der Waals surface area contributed by atoms with E-state index >= 15 is 0 Å². The van der Waals surface area contributed by atoms with Gasteiger partial charge in [-0.25, -0.2) is 9.78 Å². The molecule has 1 aliphatic carbocycles. The number of hydrogen-bond acceptors (Lipinski definition) is 5. The summed E-state index contributed by atoms with van der Waals surface area (Å²) in [5, 5.41) is 1.05. The minimum Gasteiger partial charge on any atom is -0.372 e. The van der Waals surface area contributed by atoms with Crippen LogP contribution in [0.25, 0.3) is 0 Å². The van der Waals surface area contributed by atoms with Crippen LogP contribution < -0.4 is 5.90 Å². The zero-order valence-corrected chi connectivity index (χ0v) is 17.6.